The number of rotatable bonds is 6. The fourth-order valence-corrected chi connectivity index (χ4v) is 1.90. The van der Waals surface area contributed by atoms with Crippen LogP contribution in [0.1, 0.15) is 23.1 Å². The highest BCUT2D eigenvalue weighted by Crippen LogP contribution is 2.17. The van der Waals surface area contributed by atoms with E-state index in [0.29, 0.717) is 18.7 Å². The smallest absolute Gasteiger partial charge is 0.159 e. The minimum Gasteiger partial charge on any atom is -0.383 e. The van der Waals surface area contributed by atoms with E-state index in [1.807, 2.05) is 6.07 Å². The Labute approximate surface area is 115 Å². The maximum absolute atomic E-state index is 13.3. The van der Waals surface area contributed by atoms with Crippen LogP contribution >= 0.6 is 0 Å². The fourth-order valence-electron chi connectivity index (χ4n) is 1.90. The number of hydrogen-bond donors (Lipinski definition) is 1. The van der Waals surface area contributed by atoms with Gasteiger partial charge in [0.1, 0.15) is 5.76 Å². The molecule has 108 valence electrons. The van der Waals surface area contributed by atoms with E-state index in [-0.39, 0.29) is 6.04 Å². The molecule has 2 aromatic rings. The van der Waals surface area contributed by atoms with Crippen LogP contribution in [-0.2, 0) is 11.3 Å². The van der Waals surface area contributed by atoms with Crippen molar-refractivity contribution in [2.75, 3.05) is 13.7 Å². The molecule has 2 rings (SSSR count). The van der Waals surface area contributed by atoms with Crippen molar-refractivity contribution in [1.82, 2.24) is 10.5 Å². The molecular formula is C14H16F2N2O2. The molecule has 0 spiro atoms. The van der Waals surface area contributed by atoms with Crippen LogP contribution in [-0.4, -0.2) is 18.9 Å². The minimum absolute atomic E-state index is 0.257. The predicted molar refractivity (Wildman–Crippen MR) is 69.1 cm³/mol. The van der Waals surface area contributed by atoms with Gasteiger partial charge in [-0.15, -0.1) is 0 Å². The Morgan fingerprint density at radius 1 is 1.30 bits per heavy atom. The van der Waals surface area contributed by atoms with Gasteiger partial charge in [0, 0.05) is 19.7 Å². The average Bonchev–Trinajstić information content (AvgIpc) is 2.84. The summed E-state index contributed by atoms with van der Waals surface area (Å²) < 4.78 is 36.3. The van der Waals surface area contributed by atoms with E-state index in [9.17, 15) is 8.78 Å². The second kappa shape index (κ2) is 6.58. The van der Waals surface area contributed by atoms with Crippen LogP contribution in [0.4, 0.5) is 8.78 Å². The zero-order chi connectivity index (χ0) is 14.5. The normalized spacial score (nSPS) is 12.6. The number of hydrogen-bond acceptors (Lipinski definition) is 4. The van der Waals surface area contributed by atoms with Crippen molar-refractivity contribution in [3.8, 4) is 0 Å². The third kappa shape index (κ3) is 3.61. The average molecular weight is 282 g/mol. The van der Waals surface area contributed by atoms with Gasteiger partial charge in [-0.3, -0.25) is 0 Å². The summed E-state index contributed by atoms with van der Waals surface area (Å²) in [5.74, 6) is -1.02. The van der Waals surface area contributed by atoms with Crippen molar-refractivity contribution in [2.45, 2.75) is 19.5 Å². The third-order valence-corrected chi connectivity index (χ3v) is 2.89. The molecule has 0 fully saturated rings. The molecule has 1 aromatic heterocycles. The molecule has 0 aliphatic carbocycles. The first kappa shape index (κ1) is 14.6. The van der Waals surface area contributed by atoms with E-state index < -0.39 is 11.6 Å². The second-order valence-electron chi connectivity index (χ2n) is 4.49. The number of nitrogens with one attached hydrogen (secondary N) is 1. The molecule has 1 atom stereocenters. The van der Waals surface area contributed by atoms with Crippen LogP contribution in [0.2, 0.25) is 0 Å². The van der Waals surface area contributed by atoms with Crippen molar-refractivity contribution >= 4 is 0 Å². The molecule has 0 aliphatic rings. The Morgan fingerprint density at radius 3 is 2.70 bits per heavy atom. The Morgan fingerprint density at radius 2 is 2.10 bits per heavy atom. The van der Waals surface area contributed by atoms with E-state index in [1.165, 1.54) is 12.1 Å². The van der Waals surface area contributed by atoms with Crippen molar-refractivity contribution < 1.29 is 18.0 Å². The molecule has 20 heavy (non-hydrogen) atoms. The molecule has 6 heteroatoms. The highest BCUT2D eigenvalue weighted by molar-refractivity contribution is 5.21. The number of benzene rings is 1. The summed E-state index contributed by atoms with van der Waals surface area (Å²) in [7, 11) is 1.55. The standard InChI is InChI=1S/C14H16F2N2O2/c1-9-5-11(18-20-9)7-17-14(8-19-2)10-3-4-12(15)13(16)6-10/h3-6,14,17H,7-8H2,1-2H3/t14-/m0/s1. The summed E-state index contributed by atoms with van der Waals surface area (Å²) in [6.45, 7) is 2.59. The van der Waals surface area contributed by atoms with Crippen LogP contribution in [0, 0.1) is 18.6 Å². The molecule has 0 aliphatic heterocycles. The number of aryl methyl sites for hydroxylation is 1. The lowest BCUT2D eigenvalue weighted by Gasteiger charge is -2.17. The highest BCUT2D eigenvalue weighted by Gasteiger charge is 2.14. The van der Waals surface area contributed by atoms with Crippen molar-refractivity contribution in [1.29, 1.82) is 0 Å². The Hall–Kier alpha value is -1.79. The molecule has 1 aromatic carbocycles. The van der Waals surface area contributed by atoms with Crippen LogP contribution < -0.4 is 5.32 Å². The zero-order valence-corrected chi connectivity index (χ0v) is 11.3. The lowest BCUT2D eigenvalue weighted by Crippen LogP contribution is -2.25. The lowest BCUT2D eigenvalue weighted by atomic mass is 10.1. The summed E-state index contributed by atoms with van der Waals surface area (Å²) in [6, 6.07) is 5.35. The molecule has 0 saturated carbocycles. The first-order valence-corrected chi connectivity index (χ1v) is 6.19. The van der Waals surface area contributed by atoms with Crippen molar-refractivity contribution in [3.05, 3.63) is 52.9 Å². The number of methoxy groups -OCH3 is 1. The molecule has 0 saturated heterocycles. The quantitative estimate of drug-likeness (QED) is 0.885. The summed E-state index contributed by atoms with van der Waals surface area (Å²) in [6.07, 6.45) is 0. The molecule has 0 bridgehead atoms. The molecule has 0 unspecified atom stereocenters. The molecular weight excluding hydrogens is 266 g/mol. The van der Waals surface area contributed by atoms with Gasteiger partial charge in [-0.05, 0) is 24.6 Å². The number of ether oxygens (including phenoxy) is 1. The topological polar surface area (TPSA) is 47.3 Å². The zero-order valence-electron chi connectivity index (χ0n) is 11.3. The Kier molecular flexibility index (Phi) is 4.81. The van der Waals surface area contributed by atoms with E-state index in [1.54, 1.807) is 14.0 Å². The summed E-state index contributed by atoms with van der Waals surface area (Å²) >= 11 is 0. The van der Waals surface area contributed by atoms with Gasteiger partial charge in [0.2, 0.25) is 0 Å². The van der Waals surface area contributed by atoms with Crippen molar-refractivity contribution in [2.24, 2.45) is 0 Å². The van der Waals surface area contributed by atoms with E-state index in [4.69, 9.17) is 9.26 Å². The Balaban J connectivity index is 2.07. The monoisotopic (exact) mass is 282 g/mol. The van der Waals surface area contributed by atoms with Gasteiger partial charge in [0.05, 0.1) is 18.3 Å². The largest absolute Gasteiger partial charge is 0.383 e. The van der Waals surface area contributed by atoms with Crippen LogP contribution in [0.5, 0.6) is 0 Å². The summed E-state index contributed by atoms with van der Waals surface area (Å²) in [5, 5.41) is 7.04. The van der Waals surface area contributed by atoms with Gasteiger partial charge in [-0.1, -0.05) is 11.2 Å². The van der Waals surface area contributed by atoms with Gasteiger partial charge in [0.15, 0.2) is 11.6 Å². The number of nitrogens with zero attached hydrogens (tertiary/aromatic N) is 1. The van der Waals surface area contributed by atoms with E-state index in [0.717, 1.165) is 17.5 Å². The van der Waals surface area contributed by atoms with E-state index >= 15 is 0 Å². The number of halogens is 2. The number of aromatic nitrogens is 1. The second-order valence-corrected chi connectivity index (χ2v) is 4.49. The van der Waals surface area contributed by atoms with E-state index in [2.05, 4.69) is 10.5 Å². The highest BCUT2D eigenvalue weighted by atomic mass is 19.2. The van der Waals surface area contributed by atoms with Crippen LogP contribution in [0.25, 0.3) is 0 Å². The Bertz CT molecular complexity index is 572. The van der Waals surface area contributed by atoms with Gasteiger partial charge >= 0.3 is 0 Å². The predicted octanol–water partition coefficient (Wildman–Crippen LogP) is 2.74. The minimum atomic E-state index is -0.873. The molecule has 1 heterocycles. The van der Waals surface area contributed by atoms with Gasteiger partial charge < -0.3 is 14.6 Å². The maximum atomic E-state index is 13.3. The first-order chi connectivity index (χ1) is 9.60. The SMILES string of the molecule is COC[C@H](NCc1cc(C)on1)c1ccc(F)c(F)c1. The fraction of sp³-hybridized carbons (Fsp3) is 0.357. The molecule has 0 radical (unpaired) electrons. The van der Waals surface area contributed by atoms with Gasteiger partial charge in [-0.2, -0.15) is 0 Å². The molecule has 4 nitrogen and oxygen atoms in total. The van der Waals surface area contributed by atoms with Crippen LogP contribution in [0.15, 0.2) is 28.8 Å². The molecule has 0 amide bonds. The summed E-state index contributed by atoms with van der Waals surface area (Å²) in [5.41, 5.74) is 1.36. The maximum Gasteiger partial charge on any atom is 0.159 e. The first-order valence-electron chi connectivity index (χ1n) is 6.19. The van der Waals surface area contributed by atoms with Crippen LogP contribution in [0.3, 0.4) is 0 Å². The third-order valence-electron chi connectivity index (χ3n) is 2.89. The lowest BCUT2D eigenvalue weighted by molar-refractivity contribution is 0.165. The van der Waals surface area contributed by atoms with Gasteiger partial charge in [-0.25, -0.2) is 8.78 Å². The molecule has 1 N–H and O–H groups in total. The van der Waals surface area contributed by atoms with Gasteiger partial charge in [0.25, 0.3) is 0 Å². The van der Waals surface area contributed by atoms with Crippen molar-refractivity contribution in [3.63, 3.8) is 0 Å². The summed E-state index contributed by atoms with van der Waals surface area (Å²) in [4.78, 5) is 0.